The van der Waals surface area contributed by atoms with Crippen LogP contribution in [0.3, 0.4) is 0 Å². The monoisotopic (exact) mass is 149 g/mol. The second-order valence-corrected chi connectivity index (χ2v) is 3.21. The van der Waals surface area contributed by atoms with E-state index in [4.69, 9.17) is 0 Å². The van der Waals surface area contributed by atoms with Crippen molar-refractivity contribution >= 4 is 0 Å². The highest BCUT2D eigenvalue weighted by molar-refractivity contribution is 5.33. The molecule has 1 nitrogen and oxygen atoms in total. The molecule has 0 bridgehead atoms. The van der Waals surface area contributed by atoms with Crippen LogP contribution in [0.5, 0.6) is 0 Å². The van der Waals surface area contributed by atoms with Crippen molar-refractivity contribution < 1.29 is 0 Å². The molecule has 0 aromatic rings. The Kier molecular flexibility index (Phi) is 2.30. The first-order valence-corrected chi connectivity index (χ1v) is 3.86. The molecule has 0 saturated carbocycles. The number of hydrogen-bond donors (Lipinski definition) is 1. The molecule has 0 aromatic carbocycles. The van der Waals surface area contributed by atoms with Crippen molar-refractivity contribution in [1.29, 1.82) is 0 Å². The lowest BCUT2D eigenvalue weighted by molar-refractivity contribution is 0.650. The van der Waals surface area contributed by atoms with Gasteiger partial charge in [0.1, 0.15) is 0 Å². The largest absolute Gasteiger partial charge is 0.303 e. The van der Waals surface area contributed by atoms with Gasteiger partial charge in [0.05, 0.1) is 0 Å². The Hall–Kier alpha value is -0.820. The third kappa shape index (κ3) is 1.81. The van der Waals surface area contributed by atoms with Crippen molar-refractivity contribution in [3.05, 3.63) is 36.0 Å². The minimum absolute atomic E-state index is 0.362. The molecule has 0 amide bonds. The standard InChI is InChI=1S/C10H15N/c1-7(2)10-9(4)5-8(3)6-11-10/h5,10-11H,1,3,6H2,2,4H3/t10-/m1/s1. The van der Waals surface area contributed by atoms with Crippen LogP contribution < -0.4 is 5.32 Å². The molecule has 0 radical (unpaired) electrons. The summed E-state index contributed by atoms with van der Waals surface area (Å²) in [5.74, 6) is 0. The maximum absolute atomic E-state index is 3.92. The molecule has 0 fully saturated rings. The van der Waals surface area contributed by atoms with Crippen LogP contribution in [0.1, 0.15) is 13.8 Å². The third-order valence-corrected chi connectivity index (χ3v) is 1.91. The summed E-state index contributed by atoms with van der Waals surface area (Å²) < 4.78 is 0. The van der Waals surface area contributed by atoms with E-state index >= 15 is 0 Å². The second kappa shape index (κ2) is 3.05. The molecule has 0 saturated heterocycles. The topological polar surface area (TPSA) is 12.0 Å². The smallest absolute Gasteiger partial charge is 0.0493 e. The van der Waals surface area contributed by atoms with E-state index in [1.807, 2.05) is 6.92 Å². The Balaban J connectivity index is 2.80. The average molecular weight is 149 g/mol. The molecule has 0 aromatic heterocycles. The van der Waals surface area contributed by atoms with Crippen LogP contribution in [-0.4, -0.2) is 12.6 Å². The summed E-state index contributed by atoms with van der Waals surface area (Å²) in [6.45, 7) is 12.8. The lowest BCUT2D eigenvalue weighted by Gasteiger charge is -2.24. The second-order valence-electron chi connectivity index (χ2n) is 3.21. The van der Waals surface area contributed by atoms with Gasteiger partial charge in [-0.1, -0.05) is 30.4 Å². The molecule has 0 unspecified atom stereocenters. The number of hydrogen-bond acceptors (Lipinski definition) is 1. The van der Waals surface area contributed by atoms with E-state index in [1.54, 1.807) is 0 Å². The van der Waals surface area contributed by atoms with Crippen molar-refractivity contribution in [2.45, 2.75) is 19.9 Å². The lowest BCUT2D eigenvalue weighted by Crippen LogP contribution is -2.35. The SMILES string of the molecule is C=C1C=C(C)[C@@H](C(=C)C)NC1. The maximum atomic E-state index is 3.92. The summed E-state index contributed by atoms with van der Waals surface area (Å²) in [7, 11) is 0. The van der Waals surface area contributed by atoms with Crippen LogP contribution in [-0.2, 0) is 0 Å². The van der Waals surface area contributed by atoms with Gasteiger partial charge in [0.15, 0.2) is 0 Å². The van der Waals surface area contributed by atoms with Crippen molar-refractivity contribution in [3.8, 4) is 0 Å². The van der Waals surface area contributed by atoms with Gasteiger partial charge in [0, 0.05) is 12.6 Å². The fourth-order valence-corrected chi connectivity index (χ4v) is 1.41. The van der Waals surface area contributed by atoms with E-state index in [2.05, 4.69) is 31.5 Å². The molecule has 60 valence electrons. The molecule has 11 heavy (non-hydrogen) atoms. The van der Waals surface area contributed by atoms with Crippen molar-refractivity contribution in [1.82, 2.24) is 5.32 Å². The van der Waals surface area contributed by atoms with E-state index in [-0.39, 0.29) is 0 Å². The van der Waals surface area contributed by atoms with Gasteiger partial charge in [-0.15, -0.1) is 0 Å². The maximum Gasteiger partial charge on any atom is 0.0493 e. The summed E-state index contributed by atoms with van der Waals surface area (Å²) in [5, 5.41) is 3.35. The molecular weight excluding hydrogens is 134 g/mol. The zero-order valence-corrected chi connectivity index (χ0v) is 7.28. The van der Waals surface area contributed by atoms with E-state index in [9.17, 15) is 0 Å². The van der Waals surface area contributed by atoms with Gasteiger partial charge < -0.3 is 5.32 Å². The summed E-state index contributed by atoms with van der Waals surface area (Å²) in [6.07, 6.45) is 2.13. The van der Waals surface area contributed by atoms with Gasteiger partial charge in [0.25, 0.3) is 0 Å². The van der Waals surface area contributed by atoms with E-state index in [1.165, 1.54) is 11.1 Å². The normalized spacial score (nSPS) is 24.7. The van der Waals surface area contributed by atoms with E-state index in [0.717, 1.165) is 12.1 Å². The Labute approximate surface area is 68.5 Å². The highest BCUT2D eigenvalue weighted by Crippen LogP contribution is 2.15. The zero-order valence-electron chi connectivity index (χ0n) is 7.28. The molecule has 1 heterocycles. The van der Waals surface area contributed by atoms with Gasteiger partial charge in [0.2, 0.25) is 0 Å². The zero-order chi connectivity index (χ0) is 8.43. The van der Waals surface area contributed by atoms with Gasteiger partial charge in [-0.05, 0) is 19.4 Å². The fraction of sp³-hybridized carbons (Fsp3) is 0.400. The van der Waals surface area contributed by atoms with Crippen molar-refractivity contribution in [2.24, 2.45) is 0 Å². The van der Waals surface area contributed by atoms with Crippen LogP contribution in [0.4, 0.5) is 0 Å². The van der Waals surface area contributed by atoms with Gasteiger partial charge in [-0.2, -0.15) is 0 Å². The van der Waals surface area contributed by atoms with Crippen LogP contribution in [0.25, 0.3) is 0 Å². The number of rotatable bonds is 1. The van der Waals surface area contributed by atoms with Crippen LogP contribution in [0.15, 0.2) is 36.0 Å². The number of nitrogens with one attached hydrogen (secondary N) is 1. The summed E-state index contributed by atoms with van der Waals surface area (Å²) in [4.78, 5) is 0. The Morgan fingerprint density at radius 3 is 2.82 bits per heavy atom. The van der Waals surface area contributed by atoms with Gasteiger partial charge in [-0.3, -0.25) is 0 Å². The molecule has 1 atom stereocenters. The predicted molar refractivity (Wildman–Crippen MR) is 49.5 cm³/mol. The molecule has 0 spiro atoms. The van der Waals surface area contributed by atoms with Gasteiger partial charge in [-0.25, -0.2) is 0 Å². The minimum Gasteiger partial charge on any atom is -0.303 e. The molecular formula is C10H15N. The molecule has 1 aliphatic heterocycles. The first kappa shape index (κ1) is 8.28. The Bertz CT molecular complexity index is 223. The summed E-state index contributed by atoms with van der Waals surface area (Å²) >= 11 is 0. The molecule has 1 N–H and O–H groups in total. The minimum atomic E-state index is 0.362. The van der Waals surface area contributed by atoms with Crippen LogP contribution in [0, 0.1) is 0 Å². The quantitative estimate of drug-likeness (QED) is 0.562. The van der Waals surface area contributed by atoms with Gasteiger partial charge >= 0.3 is 0 Å². The van der Waals surface area contributed by atoms with Crippen LogP contribution in [0.2, 0.25) is 0 Å². The highest BCUT2D eigenvalue weighted by Gasteiger charge is 2.14. The Morgan fingerprint density at radius 1 is 1.73 bits per heavy atom. The first-order valence-electron chi connectivity index (χ1n) is 3.86. The highest BCUT2D eigenvalue weighted by atomic mass is 14.9. The fourth-order valence-electron chi connectivity index (χ4n) is 1.41. The van der Waals surface area contributed by atoms with E-state index < -0.39 is 0 Å². The van der Waals surface area contributed by atoms with Crippen molar-refractivity contribution in [3.63, 3.8) is 0 Å². The third-order valence-electron chi connectivity index (χ3n) is 1.91. The van der Waals surface area contributed by atoms with E-state index in [0.29, 0.717) is 6.04 Å². The Morgan fingerprint density at radius 2 is 2.36 bits per heavy atom. The van der Waals surface area contributed by atoms with Crippen molar-refractivity contribution in [2.75, 3.05) is 6.54 Å². The predicted octanol–water partition coefficient (Wildman–Crippen LogP) is 2.04. The van der Waals surface area contributed by atoms with Crippen LogP contribution >= 0.6 is 0 Å². The molecule has 1 rings (SSSR count). The molecule has 0 aliphatic carbocycles. The summed E-state index contributed by atoms with van der Waals surface area (Å²) in [5.41, 5.74) is 3.64. The molecule has 1 aliphatic rings. The average Bonchev–Trinajstić information content (AvgIpc) is 1.85. The molecule has 1 heteroatoms. The first-order chi connectivity index (χ1) is 5.11. The lowest BCUT2D eigenvalue weighted by atomic mass is 9.97. The summed E-state index contributed by atoms with van der Waals surface area (Å²) in [6, 6.07) is 0.362.